The Hall–Kier alpha value is -4.76. The molecule has 3 aromatic carbocycles. The standard InChI is InChI=1S/C22H14N2O11S2/c25-21(26)13-7-9-16(10-8-13)36(30,31)23-18-11-14-3-1-6-19(20(14)34-22(18)27)35-37(32,33)17-5-2-4-15(12-17)24(28)29/h1-12,23H,(H,25,26). The zero-order valence-corrected chi connectivity index (χ0v) is 19.9. The highest BCUT2D eigenvalue weighted by Gasteiger charge is 2.23. The minimum Gasteiger partial charge on any atom is -0.478 e. The predicted octanol–water partition coefficient (Wildman–Crippen LogP) is 2.97. The van der Waals surface area contributed by atoms with Crippen LogP contribution in [0, 0.1) is 10.1 Å². The van der Waals surface area contributed by atoms with Crippen LogP contribution >= 0.6 is 0 Å². The maximum Gasteiger partial charge on any atom is 0.360 e. The van der Waals surface area contributed by atoms with Crippen molar-refractivity contribution in [2.75, 3.05) is 4.72 Å². The van der Waals surface area contributed by atoms with Crippen LogP contribution in [-0.4, -0.2) is 32.8 Å². The van der Waals surface area contributed by atoms with E-state index in [1.54, 1.807) is 0 Å². The average molecular weight is 546 g/mol. The Morgan fingerprint density at radius 1 is 0.946 bits per heavy atom. The quantitative estimate of drug-likeness (QED) is 0.142. The number of nitrogens with one attached hydrogen (secondary N) is 1. The second-order valence-corrected chi connectivity index (χ2v) is 10.6. The lowest BCUT2D eigenvalue weighted by molar-refractivity contribution is -0.385. The van der Waals surface area contributed by atoms with Crippen LogP contribution in [0.3, 0.4) is 0 Å². The molecule has 0 radical (unpaired) electrons. The van der Waals surface area contributed by atoms with Gasteiger partial charge in [0.05, 0.1) is 15.4 Å². The van der Waals surface area contributed by atoms with Crippen molar-refractivity contribution in [1.82, 2.24) is 0 Å². The van der Waals surface area contributed by atoms with Gasteiger partial charge in [0.1, 0.15) is 10.6 Å². The molecular formula is C22H14N2O11S2. The summed E-state index contributed by atoms with van der Waals surface area (Å²) < 4.78 is 63.0. The molecule has 0 unspecified atom stereocenters. The molecule has 190 valence electrons. The summed E-state index contributed by atoms with van der Waals surface area (Å²) in [6.45, 7) is 0. The zero-order chi connectivity index (χ0) is 27.0. The molecule has 1 aromatic heterocycles. The van der Waals surface area contributed by atoms with Gasteiger partial charge >= 0.3 is 21.7 Å². The Balaban J connectivity index is 1.68. The smallest absolute Gasteiger partial charge is 0.360 e. The van der Waals surface area contributed by atoms with Crippen molar-refractivity contribution in [3.8, 4) is 5.75 Å². The summed E-state index contributed by atoms with van der Waals surface area (Å²) in [6.07, 6.45) is 0. The molecule has 0 amide bonds. The summed E-state index contributed by atoms with van der Waals surface area (Å²) >= 11 is 0. The van der Waals surface area contributed by atoms with Crippen LogP contribution < -0.4 is 14.5 Å². The second-order valence-electron chi connectivity index (χ2n) is 7.35. The SMILES string of the molecule is O=C(O)c1ccc(S(=O)(=O)Nc2cc3cccc(OS(=O)(=O)c4cccc([N+](=O)[O-])c4)c3oc2=O)cc1. The van der Waals surface area contributed by atoms with Crippen LogP contribution in [0.5, 0.6) is 5.75 Å². The predicted molar refractivity (Wildman–Crippen MR) is 128 cm³/mol. The molecule has 2 N–H and O–H groups in total. The Bertz CT molecular complexity index is 1830. The minimum atomic E-state index is -4.58. The molecule has 0 saturated carbocycles. The van der Waals surface area contributed by atoms with E-state index >= 15 is 0 Å². The first-order chi connectivity index (χ1) is 17.4. The van der Waals surface area contributed by atoms with E-state index in [0.29, 0.717) is 0 Å². The van der Waals surface area contributed by atoms with E-state index in [0.717, 1.165) is 54.6 Å². The molecule has 0 aliphatic carbocycles. The highest BCUT2D eigenvalue weighted by Crippen LogP contribution is 2.30. The van der Waals surface area contributed by atoms with Crippen molar-refractivity contribution in [1.29, 1.82) is 0 Å². The third kappa shape index (κ3) is 5.26. The molecule has 13 nitrogen and oxygen atoms in total. The lowest BCUT2D eigenvalue weighted by Gasteiger charge is -2.11. The van der Waals surface area contributed by atoms with Gasteiger partial charge in [0.2, 0.25) is 0 Å². The molecule has 0 fully saturated rings. The number of nitro benzene ring substituents is 1. The third-order valence-electron chi connectivity index (χ3n) is 4.90. The van der Waals surface area contributed by atoms with Crippen LogP contribution in [0.2, 0.25) is 0 Å². The van der Waals surface area contributed by atoms with Crippen LogP contribution in [0.15, 0.2) is 91.8 Å². The fourth-order valence-corrected chi connectivity index (χ4v) is 5.17. The average Bonchev–Trinajstić information content (AvgIpc) is 2.85. The van der Waals surface area contributed by atoms with E-state index in [1.807, 2.05) is 4.72 Å². The third-order valence-corrected chi connectivity index (χ3v) is 7.51. The number of fused-ring (bicyclic) bond motifs is 1. The van der Waals surface area contributed by atoms with Gasteiger partial charge in [0.15, 0.2) is 11.3 Å². The van der Waals surface area contributed by atoms with Gasteiger partial charge in [-0.3, -0.25) is 14.8 Å². The number of hydrogen-bond acceptors (Lipinski definition) is 10. The molecule has 4 rings (SSSR count). The molecule has 0 atom stereocenters. The van der Waals surface area contributed by atoms with Gasteiger partial charge in [-0.1, -0.05) is 18.2 Å². The Labute approximate surface area is 207 Å². The fourth-order valence-electron chi connectivity index (χ4n) is 3.15. The summed E-state index contributed by atoms with van der Waals surface area (Å²) in [4.78, 5) is 32.9. The summed E-state index contributed by atoms with van der Waals surface area (Å²) in [6, 6.07) is 13.4. The number of para-hydroxylation sites is 1. The molecule has 37 heavy (non-hydrogen) atoms. The molecule has 0 aliphatic rings. The Morgan fingerprint density at radius 3 is 2.27 bits per heavy atom. The second kappa shape index (κ2) is 9.36. The van der Waals surface area contributed by atoms with E-state index in [9.17, 15) is 36.5 Å². The van der Waals surface area contributed by atoms with Crippen LogP contribution in [0.1, 0.15) is 10.4 Å². The van der Waals surface area contributed by atoms with Gasteiger partial charge in [0, 0.05) is 17.5 Å². The molecule has 1 heterocycles. The highest BCUT2D eigenvalue weighted by atomic mass is 32.2. The fraction of sp³-hybridized carbons (Fsp3) is 0. The first-order valence-electron chi connectivity index (χ1n) is 9.99. The lowest BCUT2D eigenvalue weighted by Crippen LogP contribution is -2.18. The minimum absolute atomic E-state index is 0.0882. The number of anilines is 1. The van der Waals surface area contributed by atoms with Crippen molar-refractivity contribution < 1.29 is 40.3 Å². The first-order valence-corrected chi connectivity index (χ1v) is 12.9. The number of sulfonamides is 1. The number of nitrogens with zero attached hydrogens (tertiary/aromatic N) is 1. The number of nitro groups is 1. The number of benzene rings is 3. The zero-order valence-electron chi connectivity index (χ0n) is 18.2. The van der Waals surface area contributed by atoms with E-state index in [-0.39, 0.29) is 21.4 Å². The molecule has 0 spiro atoms. The number of carboxylic acid groups (broad SMARTS) is 1. The Kier molecular flexibility index (Phi) is 6.41. The number of aromatic carboxylic acids is 1. The van der Waals surface area contributed by atoms with E-state index in [1.165, 1.54) is 18.2 Å². The largest absolute Gasteiger partial charge is 0.478 e. The van der Waals surface area contributed by atoms with Crippen molar-refractivity contribution in [2.24, 2.45) is 0 Å². The van der Waals surface area contributed by atoms with Gasteiger partial charge in [-0.25, -0.2) is 18.0 Å². The van der Waals surface area contributed by atoms with Crippen molar-refractivity contribution in [3.63, 3.8) is 0 Å². The molecule has 0 bridgehead atoms. The summed E-state index contributed by atoms with van der Waals surface area (Å²) in [5.74, 6) is -1.67. The van der Waals surface area contributed by atoms with E-state index < -0.39 is 58.7 Å². The monoisotopic (exact) mass is 546 g/mol. The topological polar surface area (TPSA) is 200 Å². The summed E-state index contributed by atoms with van der Waals surface area (Å²) in [5, 5.41) is 20.0. The maximum atomic E-state index is 12.7. The first kappa shape index (κ1) is 25.3. The van der Waals surface area contributed by atoms with Gasteiger partial charge in [-0.15, -0.1) is 0 Å². The number of hydrogen-bond donors (Lipinski definition) is 2. The molecule has 15 heteroatoms. The van der Waals surface area contributed by atoms with Crippen molar-refractivity contribution in [3.05, 3.63) is 98.9 Å². The molecule has 4 aromatic rings. The van der Waals surface area contributed by atoms with Crippen LogP contribution in [-0.2, 0) is 20.1 Å². The van der Waals surface area contributed by atoms with E-state index in [2.05, 4.69) is 0 Å². The van der Waals surface area contributed by atoms with Crippen LogP contribution in [0.4, 0.5) is 11.4 Å². The van der Waals surface area contributed by atoms with E-state index in [4.69, 9.17) is 13.7 Å². The number of non-ortho nitro benzene ring substituents is 1. The Morgan fingerprint density at radius 2 is 1.62 bits per heavy atom. The van der Waals surface area contributed by atoms with Crippen molar-refractivity contribution >= 4 is 48.5 Å². The molecule has 0 aliphatic heterocycles. The van der Waals surface area contributed by atoms with Crippen LogP contribution in [0.25, 0.3) is 11.0 Å². The van der Waals surface area contributed by atoms with Gasteiger partial charge in [-0.05, 0) is 42.5 Å². The lowest BCUT2D eigenvalue weighted by atomic mass is 10.2. The summed E-state index contributed by atoms with van der Waals surface area (Å²) in [7, 11) is -8.90. The number of carbonyl (C=O) groups is 1. The number of rotatable bonds is 8. The normalized spacial score (nSPS) is 11.7. The molecular weight excluding hydrogens is 532 g/mol. The number of carboxylic acids is 1. The summed E-state index contributed by atoms with van der Waals surface area (Å²) in [5.41, 5.74) is -2.63. The molecule has 0 saturated heterocycles. The van der Waals surface area contributed by atoms with Gasteiger partial charge < -0.3 is 13.7 Å². The highest BCUT2D eigenvalue weighted by molar-refractivity contribution is 7.92. The van der Waals surface area contributed by atoms with Gasteiger partial charge in [0.25, 0.3) is 15.7 Å². The maximum absolute atomic E-state index is 12.7. The van der Waals surface area contributed by atoms with Crippen molar-refractivity contribution in [2.45, 2.75) is 9.79 Å². The van der Waals surface area contributed by atoms with Gasteiger partial charge in [-0.2, -0.15) is 8.42 Å².